The normalized spacial score (nSPS) is 10.6. The van der Waals surface area contributed by atoms with E-state index in [0.717, 1.165) is 66.4 Å². The zero-order valence-corrected chi connectivity index (χ0v) is 22.6. The van der Waals surface area contributed by atoms with E-state index in [1.54, 1.807) is 0 Å². The molecule has 0 atom stereocenters. The van der Waals surface area contributed by atoms with E-state index in [9.17, 15) is 0 Å². The van der Waals surface area contributed by atoms with Crippen molar-refractivity contribution in [2.24, 2.45) is 0 Å². The molecule has 0 saturated heterocycles. The first-order valence-electron chi connectivity index (χ1n) is 12.2. The molecule has 2 N–H and O–H groups in total. The van der Waals surface area contributed by atoms with Crippen LogP contribution in [0.4, 0.5) is 5.69 Å². The molecule has 0 aliphatic carbocycles. The van der Waals surface area contributed by atoms with Gasteiger partial charge in [0, 0.05) is 21.3 Å². The molecule has 0 fully saturated rings. The Bertz CT molecular complexity index is 1500. The van der Waals surface area contributed by atoms with E-state index >= 15 is 0 Å². The molecule has 2 heterocycles. The summed E-state index contributed by atoms with van der Waals surface area (Å²) in [7, 11) is 0. The van der Waals surface area contributed by atoms with Gasteiger partial charge in [0.25, 0.3) is 0 Å². The van der Waals surface area contributed by atoms with Crippen LogP contribution in [-0.2, 0) is 0 Å². The van der Waals surface area contributed by atoms with Crippen LogP contribution in [0.15, 0.2) is 123 Å². The monoisotopic (exact) mass is 563 g/mol. The SMILES string of the molecule is Cc1onc(-c2ccc(Br)cc2)c1-c1ccccc1.Cc1onc(-c2ccc(N)cc2)c1-c1ccccc1. The van der Waals surface area contributed by atoms with Crippen LogP contribution in [0.3, 0.4) is 0 Å². The number of anilines is 1. The van der Waals surface area contributed by atoms with Crippen molar-refractivity contribution in [3.63, 3.8) is 0 Å². The molecular formula is C32H26BrN3O2. The number of halogens is 1. The molecule has 0 aliphatic rings. The lowest BCUT2D eigenvalue weighted by atomic mass is 9.99. The largest absolute Gasteiger partial charge is 0.399 e. The fourth-order valence-corrected chi connectivity index (χ4v) is 4.54. The Morgan fingerprint density at radius 3 is 1.34 bits per heavy atom. The number of nitrogen functional groups attached to an aromatic ring is 1. The highest BCUT2D eigenvalue weighted by Gasteiger charge is 2.17. The van der Waals surface area contributed by atoms with Crippen molar-refractivity contribution >= 4 is 21.6 Å². The minimum Gasteiger partial charge on any atom is -0.399 e. The summed E-state index contributed by atoms with van der Waals surface area (Å²) < 4.78 is 11.8. The van der Waals surface area contributed by atoms with Gasteiger partial charge in [-0.2, -0.15) is 0 Å². The predicted molar refractivity (Wildman–Crippen MR) is 156 cm³/mol. The van der Waals surface area contributed by atoms with Crippen LogP contribution in [0, 0.1) is 13.8 Å². The number of benzene rings is 4. The lowest BCUT2D eigenvalue weighted by Crippen LogP contribution is -1.86. The highest BCUT2D eigenvalue weighted by atomic mass is 79.9. The third kappa shape index (κ3) is 5.45. The Kier molecular flexibility index (Phi) is 7.52. The number of hydrogen-bond acceptors (Lipinski definition) is 5. The Labute approximate surface area is 230 Å². The van der Waals surface area contributed by atoms with Crippen molar-refractivity contribution in [3.8, 4) is 44.8 Å². The van der Waals surface area contributed by atoms with E-state index in [2.05, 4.69) is 50.5 Å². The van der Waals surface area contributed by atoms with E-state index in [-0.39, 0.29) is 0 Å². The van der Waals surface area contributed by atoms with Crippen LogP contribution in [-0.4, -0.2) is 10.3 Å². The number of nitrogens with zero attached hydrogens (tertiary/aromatic N) is 2. The fourth-order valence-electron chi connectivity index (χ4n) is 4.28. The summed E-state index contributed by atoms with van der Waals surface area (Å²) in [5.74, 6) is 1.65. The maximum absolute atomic E-state index is 5.72. The van der Waals surface area contributed by atoms with Gasteiger partial charge in [0.15, 0.2) is 0 Å². The lowest BCUT2D eigenvalue weighted by Gasteiger charge is -2.03. The summed E-state index contributed by atoms with van der Waals surface area (Å²) in [6.07, 6.45) is 0. The summed E-state index contributed by atoms with van der Waals surface area (Å²) in [6.45, 7) is 3.87. The maximum Gasteiger partial charge on any atom is 0.142 e. The molecule has 6 heteroatoms. The average Bonchev–Trinajstić information content (AvgIpc) is 3.53. The fraction of sp³-hybridized carbons (Fsp3) is 0.0625. The zero-order valence-electron chi connectivity index (χ0n) is 21.1. The molecule has 0 aliphatic heterocycles. The maximum atomic E-state index is 5.72. The highest BCUT2D eigenvalue weighted by Crippen LogP contribution is 2.35. The van der Waals surface area contributed by atoms with Crippen LogP contribution in [0.2, 0.25) is 0 Å². The number of hydrogen-bond donors (Lipinski definition) is 1. The molecule has 0 amide bonds. The lowest BCUT2D eigenvalue weighted by molar-refractivity contribution is 0.400. The molecule has 6 aromatic rings. The Morgan fingerprint density at radius 1 is 0.526 bits per heavy atom. The van der Waals surface area contributed by atoms with Gasteiger partial charge in [0.1, 0.15) is 22.9 Å². The third-order valence-corrected chi connectivity index (χ3v) is 6.68. The van der Waals surface area contributed by atoms with Gasteiger partial charge in [0.2, 0.25) is 0 Å². The summed E-state index contributed by atoms with van der Waals surface area (Å²) >= 11 is 3.44. The first-order valence-corrected chi connectivity index (χ1v) is 13.0. The quantitative estimate of drug-likeness (QED) is 0.216. The molecule has 0 spiro atoms. The first-order chi connectivity index (χ1) is 18.5. The summed E-state index contributed by atoms with van der Waals surface area (Å²) in [5, 5.41) is 8.38. The molecule has 0 unspecified atom stereocenters. The van der Waals surface area contributed by atoms with E-state index in [1.807, 2.05) is 98.8 Å². The number of nitrogens with two attached hydrogens (primary N) is 1. The second-order valence-corrected chi connectivity index (χ2v) is 9.70. The van der Waals surface area contributed by atoms with Crippen molar-refractivity contribution in [3.05, 3.63) is 125 Å². The molecule has 4 aromatic carbocycles. The Hall–Kier alpha value is -4.42. The van der Waals surface area contributed by atoms with Crippen LogP contribution >= 0.6 is 15.9 Å². The van der Waals surface area contributed by atoms with Crippen molar-refractivity contribution in [2.75, 3.05) is 5.73 Å². The van der Waals surface area contributed by atoms with Gasteiger partial charge in [-0.1, -0.05) is 111 Å². The molecule has 2 aromatic heterocycles. The molecule has 0 radical (unpaired) electrons. The van der Waals surface area contributed by atoms with Crippen LogP contribution in [0.5, 0.6) is 0 Å². The molecule has 38 heavy (non-hydrogen) atoms. The topological polar surface area (TPSA) is 78.1 Å². The van der Waals surface area contributed by atoms with E-state index in [4.69, 9.17) is 14.8 Å². The van der Waals surface area contributed by atoms with Crippen molar-refractivity contribution in [2.45, 2.75) is 13.8 Å². The second-order valence-electron chi connectivity index (χ2n) is 8.79. The molecule has 0 bridgehead atoms. The summed E-state index contributed by atoms with van der Waals surface area (Å²) in [6, 6.07) is 36.1. The first kappa shape index (κ1) is 25.2. The minimum atomic E-state index is 0.741. The van der Waals surface area contributed by atoms with Gasteiger partial charge in [-0.15, -0.1) is 0 Å². The molecule has 188 valence electrons. The van der Waals surface area contributed by atoms with Crippen LogP contribution < -0.4 is 5.73 Å². The highest BCUT2D eigenvalue weighted by molar-refractivity contribution is 9.10. The standard InChI is InChI=1S/C16H12BrNO.C16H14N2O/c2*1-11-15(12-5-3-2-4-6-12)16(18-19-11)13-7-9-14(17)10-8-13/h2-10H,1H3;2-10H,17H2,1H3. The van der Waals surface area contributed by atoms with Crippen molar-refractivity contribution < 1.29 is 9.05 Å². The van der Waals surface area contributed by atoms with Gasteiger partial charge in [0.05, 0.1) is 11.1 Å². The zero-order chi connectivity index (χ0) is 26.5. The van der Waals surface area contributed by atoms with Crippen LogP contribution in [0.1, 0.15) is 11.5 Å². The number of rotatable bonds is 4. The van der Waals surface area contributed by atoms with Gasteiger partial charge in [-0.05, 0) is 49.2 Å². The van der Waals surface area contributed by atoms with E-state index in [0.29, 0.717) is 0 Å². The number of aromatic nitrogens is 2. The smallest absolute Gasteiger partial charge is 0.142 e. The van der Waals surface area contributed by atoms with E-state index in [1.165, 1.54) is 0 Å². The Balaban J connectivity index is 0.000000155. The van der Waals surface area contributed by atoms with Gasteiger partial charge in [-0.3, -0.25) is 0 Å². The van der Waals surface area contributed by atoms with E-state index < -0.39 is 0 Å². The summed E-state index contributed by atoms with van der Waals surface area (Å²) in [4.78, 5) is 0. The minimum absolute atomic E-state index is 0.741. The Morgan fingerprint density at radius 2 is 0.921 bits per heavy atom. The third-order valence-electron chi connectivity index (χ3n) is 6.15. The van der Waals surface area contributed by atoms with Gasteiger partial charge in [-0.25, -0.2) is 0 Å². The van der Waals surface area contributed by atoms with Crippen molar-refractivity contribution in [1.29, 1.82) is 0 Å². The van der Waals surface area contributed by atoms with Crippen molar-refractivity contribution in [1.82, 2.24) is 10.3 Å². The van der Waals surface area contributed by atoms with Gasteiger partial charge >= 0.3 is 0 Å². The van der Waals surface area contributed by atoms with Crippen LogP contribution in [0.25, 0.3) is 44.8 Å². The molecule has 0 saturated carbocycles. The second kappa shape index (κ2) is 11.3. The average molecular weight is 564 g/mol. The number of aryl methyl sites for hydroxylation is 2. The molecule has 5 nitrogen and oxygen atoms in total. The predicted octanol–water partition coefficient (Wildman–Crippen LogP) is 8.98. The molecule has 6 rings (SSSR count). The summed E-state index contributed by atoms with van der Waals surface area (Å²) in [5.41, 5.74) is 14.6. The van der Waals surface area contributed by atoms with Gasteiger partial charge < -0.3 is 14.8 Å². The molecular weight excluding hydrogens is 538 g/mol.